The highest BCUT2D eigenvalue weighted by molar-refractivity contribution is 5.75. The van der Waals surface area contributed by atoms with Crippen LogP contribution in [-0.2, 0) is 9.53 Å². The highest BCUT2D eigenvalue weighted by Gasteiger charge is 2.66. The number of halogens is 7. The molecule has 1 saturated heterocycles. The Labute approximate surface area is 142 Å². The van der Waals surface area contributed by atoms with Gasteiger partial charge in [0.25, 0.3) is 0 Å². The van der Waals surface area contributed by atoms with Gasteiger partial charge in [-0.25, -0.2) is 9.18 Å². The fourth-order valence-electron chi connectivity index (χ4n) is 3.03. The van der Waals surface area contributed by atoms with Gasteiger partial charge in [0.2, 0.25) is 5.82 Å². The van der Waals surface area contributed by atoms with Gasteiger partial charge in [0, 0.05) is 17.4 Å². The van der Waals surface area contributed by atoms with E-state index in [4.69, 9.17) is 4.74 Å². The minimum absolute atomic E-state index is 0.484. The first-order chi connectivity index (χ1) is 11.8. The summed E-state index contributed by atoms with van der Waals surface area (Å²) in [5.74, 6) is -9.96. The molecule has 1 fully saturated rings. The van der Waals surface area contributed by atoms with E-state index < -0.39 is 65.2 Å². The summed E-state index contributed by atoms with van der Waals surface area (Å²) in [6.07, 6.45) is -7.14. The third-order valence-electron chi connectivity index (χ3n) is 4.56. The normalized spacial score (nSPS) is 29.2. The van der Waals surface area contributed by atoms with Crippen molar-refractivity contribution in [3.8, 4) is 5.75 Å². The minimum atomic E-state index is -5.00. The Bertz CT molecular complexity index is 706. The average molecular weight is 390 g/mol. The van der Waals surface area contributed by atoms with Crippen LogP contribution in [0.15, 0.2) is 12.1 Å². The number of carboxylic acid groups (broad SMARTS) is 1. The van der Waals surface area contributed by atoms with Crippen LogP contribution in [0.25, 0.3) is 0 Å². The number of rotatable bonds is 4. The third-order valence-corrected chi connectivity index (χ3v) is 4.56. The number of ether oxygens (including phenoxy) is 2. The molecule has 11 heteroatoms. The zero-order chi connectivity index (χ0) is 20.0. The largest absolute Gasteiger partial charge is 0.479 e. The van der Waals surface area contributed by atoms with Crippen molar-refractivity contribution in [1.82, 2.24) is 0 Å². The summed E-state index contributed by atoms with van der Waals surface area (Å²) in [5.41, 5.74) is -3.61. The van der Waals surface area contributed by atoms with Crippen molar-refractivity contribution in [2.45, 2.75) is 44.3 Å². The molecular formula is C15H13F7O4. The molecule has 1 aromatic carbocycles. The lowest BCUT2D eigenvalue weighted by Gasteiger charge is -2.32. The van der Waals surface area contributed by atoms with Crippen LogP contribution in [0.2, 0.25) is 0 Å². The lowest BCUT2D eigenvalue weighted by Crippen LogP contribution is -2.47. The van der Waals surface area contributed by atoms with Crippen LogP contribution < -0.4 is 4.74 Å². The zero-order valence-corrected chi connectivity index (χ0v) is 13.3. The SMILES string of the molecule is C[C@H]1C(c2ccc(F)c(F)c2OC(F)F)[C@H](C(=O)O)O[C@@]1(C)C(F)(F)F. The van der Waals surface area contributed by atoms with Crippen molar-refractivity contribution in [2.24, 2.45) is 5.92 Å². The zero-order valence-electron chi connectivity index (χ0n) is 13.3. The molecule has 0 radical (unpaired) electrons. The molecule has 1 unspecified atom stereocenters. The Morgan fingerprint density at radius 2 is 1.88 bits per heavy atom. The van der Waals surface area contributed by atoms with Gasteiger partial charge in [0.05, 0.1) is 0 Å². The first-order valence-corrected chi connectivity index (χ1v) is 7.21. The number of hydrogen-bond donors (Lipinski definition) is 1. The quantitative estimate of drug-likeness (QED) is 0.787. The molecule has 0 aliphatic carbocycles. The van der Waals surface area contributed by atoms with Gasteiger partial charge in [-0.15, -0.1) is 0 Å². The Morgan fingerprint density at radius 3 is 2.35 bits per heavy atom. The van der Waals surface area contributed by atoms with Gasteiger partial charge in [-0.2, -0.15) is 26.3 Å². The second kappa shape index (κ2) is 6.60. The highest BCUT2D eigenvalue weighted by Crippen LogP contribution is 2.54. The maximum atomic E-state index is 13.9. The molecule has 4 nitrogen and oxygen atoms in total. The fourth-order valence-corrected chi connectivity index (χ4v) is 3.03. The van der Waals surface area contributed by atoms with Crippen LogP contribution in [0.1, 0.15) is 25.3 Å². The molecule has 1 aromatic rings. The molecule has 1 aliphatic rings. The van der Waals surface area contributed by atoms with Gasteiger partial charge < -0.3 is 14.6 Å². The molecule has 0 bridgehead atoms. The summed E-state index contributed by atoms with van der Waals surface area (Å²) < 4.78 is 101. The molecule has 1 heterocycles. The molecule has 0 saturated carbocycles. The van der Waals surface area contributed by atoms with E-state index in [0.717, 1.165) is 6.92 Å². The maximum Gasteiger partial charge on any atom is 0.417 e. The topological polar surface area (TPSA) is 55.8 Å². The lowest BCUT2D eigenvalue weighted by atomic mass is 9.77. The first-order valence-electron chi connectivity index (χ1n) is 7.21. The number of hydrogen-bond acceptors (Lipinski definition) is 3. The van der Waals surface area contributed by atoms with E-state index in [1.807, 2.05) is 0 Å². The molecule has 1 aliphatic heterocycles. The Balaban J connectivity index is 2.65. The van der Waals surface area contributed by atoms with Gasteiger partial charge in [0.1, 0.15) is 0 Å². The Hall–Kier alpha value is -2.04. The van der Waals surface area contributed by atoms with Crippen LogP contribution in [-0.4, -0.2) is 35.6 Å². The number of carbonyl (C=O) groups is 1. The summed E-state index contributed by atoms with van der Waals surface area (Å²) in [6, 6.07) is 1.19. The summed E-state index contributed by atoms with van der Waals surface area (Å²) >= 11 is 0. The molecule has 2 rings (SSSR count). The van der Waals surface area contributed by atoms with E-state index in [2.05, 4.69) is 4.74 Å². The molecular weight excluding hydrogens is 377 g/mol. The maximum absolute atomic E-state index is 13.9. The lowest BCUT2D eigenvalue weighted by molar-refractivity contribution is -0.273. The van der Waals surface area contributed by atoms with Gasteiger partial charge in [-0.1, -0.05) is 13.0 Å². The number of carboxylic acids is 1. The summed E-state index contributed by atoms with van der Waals surface area (Å²) in [5, 5.41) is 9.21. The fraction of sp³-hybridized carbons (Fsp3) is 0.533. The van der Waals surface area contributed by atoms with E-state index in [-0.39, 0.29) is 0 Å². The van der Waals surface area contributed by atoms with Gasteiger partial charge in [-0.3, -0.25) is 0 Å². The predicted molar refractivity (Wildman–Crippen MR) is 71.9 cm³/mol. The molecule has 1 N–H and O–H groups in total. The number of benzene rings is 1. The van der Waals surface area contributed by atoms with Crippen molar-refractivity contribution in [3.63, 3.8) is 0 Å². The summed E-state index contributed by atoms with van der Waals surface area (Å²) in [4.78, 5) is 11.4. The molecule has 0 aromatic heterocycles. The van der Waals surface area contributed by atoms with Crippen LogP contribution in [0.4, 0.5) is 30.7 Å². The molecule has 26 heavy (non-hydrogen) atoms. The number of aliphatic carboxylic acids is 1. The second-order valence-electron chi connectivity index (χ2n) is 5.95. The average Bonchev–Trinajstić information content (AvgIpc) is 2.77. The molecule has 146 valence electrons. The van der Waals surface area contributed by atoms with Crippen molar-refractivity contribution in [3.05, 3.63) is 29.3 Å². The van der Waals surface area contributed by atoms with Crippen molar-refractivity contribution < 1.29 is 50.1 Å². The van der Waals surface area contributed by atoms with E-state index in [0.29, 0.717) is 19.1 Å². The first kappa shape index (κ1) is 20.3. The molecule has 0 amide bonds. The van der Waals surface area contributed by atoms with E-state index in [1.54, 1.807) is 0 Å². The molecule has 0 spiro atoms. The van der Waals surface area contributed by atoms with Crippen molar-refractivity contribution in [2.75, 3.05) is 0 Å². The van der Waals surface area contributed by atoms with Crippen LogP contribution in [0.5, 0.6) is 5.75 Å². The van der Waals surface area contributed by atoms with Gasteiger partial charge in [-0.05, 0) is 13.0 Å². The third kappa shape index (κ3) is 3.19. The standard InChI is InChI=1S/C15H13F7O4/c1-5-8(11(12(23)24)26-14(5,2)15(20,21)22)6-3-4-7(16)9(17)10(6)25-13(18)19/h3-5,8,11,13H,1-2H3,(H,23,24)/t5-,8?,11+,14+/m0/s1. The van der Waals surface area contributed by atoms with Crippen LogP contribution in [0, 0.1) is 17.6 Å². The van der Waals surface area contributed by atoms with Crippen LogP contribution >= 0.6 is 0 Å². The number of alkyl halides is 5. The molecule has 4 atom stereocenters. The Kier molecular flexibility index (Phi) is 5.15. The van der Waals surface area contributed by atoms with E-state index >= 15 is 0 Å². The van der Waals surface area contributed by atoms with Crippen molar-refractivity contribution in [1.29, 1.82) is 0 Å². The summed E-state index contributed by atoms with van der Waals surface area (Å²) in [6.45, 7) is -2.03. The second-order valence-corrected chi connectivity index (χ2v) is 5.95. The van der Waals surface area contributed by atoms with Gasteiger partial charge >= 0.3 is 18.8 Å². The minimum Gasteiger partial charge on any atom is -0.479 e. The monoisotopic (exact) mass is 390 g/mol. The van der Waals surface area contributed by atoms with Crippen LogP contribution in [0.3, 0.4) is 0 Å². The van der Waals surface area contributed by atoms with E-state index in [9.17, 15) is 40.6 Å². The van der Waals surface area contributed by atoms with Gasteiger partial charge in [0.15, 0.2) is 23.3 Å². The summed E-state index contributed by atoms with van der Waals surface area (Å²) in [7, 11) is 0. The van der Waals surface area contributed by atoms with E-state index in [1.165, 1.54) is 0 Å². The Morgan fingerprint density at radius 1 is 1.31 bits per heavy atom. The smallest absolute Gasteiger partial charge is 0.417 e. The highest BCUT2D eigenvalue weighted by atomic mass is 19.4. The predicted octanol–water partition coefficient (Wildman–Crippen LogP) is 4.09. The van der Waals surface area contributed by atoms with Crippen molar-refractivity contribution >= 4 is 5.97 Å².